The van der Waals surface area contributed by atoms with Crippen LogP contribution in [0.1, 0.15) is 57.8 Å². The van der Waals surface area contributed by atoms with Crippen molar-refractivity contribution in [3.63, 3.8) is 0 Å². The molecule has 1 amide bonds. The minimum atomic E-state index is -0.981. The van der Waals surface area contributed by atoms with E-state index < -0.39 is 5.97 Å². The van der Waals surface area contributed by atoms with Gasteiger partial charge in [0.25, 0.3) is 0 Å². The highest BCUT2D eigenvalue weighted by Crippen LogP contribution is 2.40. The number of aliphatic carboxylic acids is 1. The van der Waals surface area contributed by atoms with Gasteiger partial charge < -0.3 is 24.1 Å². The van der Waals surface area contributed by atoms with Crippen molar-refractivity contribution < 1.29 is 33.6 Å². The Kier molecular flexibility index (Phi) is 9.04. The fourth-order valence-corrected chi connectivity index (χ4v) is 5.77. The first-order valence-corrected chi connectivity index (χ1v) is 11.7. The van der Waals surface area contributed by atoms with Gasteiger partial charge in [-0.3, -0.25) is 9.59 Å². The molecule has 2 saturated carbocycles. The minimum Gasteiger partial charge on any atom is -0.481 e. The van der Waals surface area contributed by atoms with E-state index >= 15 is 0 Å². The minimum absolute atomic E-state index is 0.00376. The number of carboxylic acids is 1. The second-order valence-electron chi connectivity index (χ2n) is 9.12. The van der Waals surface area contributed by atoms with Crippen LogP contribution in [0, 0.1) is 11.8 Å². The van der Waals surface area contributed by atoms with Gasteiger partial charge in [0.2, 0.25) is 5.91 Å². The molecule has 7 atom stereocenters. The van der Waals surface area contributed by atoms with Crippen molar-refractivity contribution >= 4 is 17.6 Å². The molecule has 0 aromatic heterocycles. The predicted octanol–water partition coefficient (Wildman–Crippen LogP) is 2.47. The Hall–Kier alpha value is -1.55. The molecule has 0 radical (unpaired) electrons. The average molecular weight is 455 g/mol. The summed E-state index contributed by atoms with van der Waals surface area (Å²) >= 11 is 0. The number of methoxy groups -OCH3 is 4. The first-order valence-electron chi connectivity index (χ1n) is 11.7. The standard InChI is InChI=1S/C23H38N2O7/c1-29-18-9-8-14(12-20(18)31-3)16-13-17(25(24-16)21(26)10-11-22(27)28)15-6-5-7-19(30-2)23(15)32-4/h14-15,17-20,23H,5-13H2,1-4H3,(H,27,28). The number of carboxylic acid groups (broad SMARTS) is 1. The van der Waals surface area contributed by atoms with Crippen LogP contribution < -0.4 is 0 Å². The fourth-order valence-electron chi connectivity index (χ4n) is 5.77. The summed E-state index contributed by atoms with van der Waals surface area (Å²) in [5, 5.41) is 15.4. The maximum atomic E-state index is 13.0. The van der Waals surface area contributed by atoms with Gasteiger partial charge in [0.05, 0.1) is 36.9 Å². The monoisotopic (exact) mass is 454 g/mol. The van der Waals surface area contributed by atoms with Gasteiger partial charge in [-0.2, -0.15) is 5.10 Å². The Bertz CT molecular complexity index is 685. The second-order valence-corrected chi connectivity index (χ2v) is 9.12. The summed E-state index contributed by atoms with van der Waals surface area (Å²) in [6.07, 6.45) is 5.80. The zero-order valence-corrected chi connectivity index (χ0v) is 19.7. The third-order valence-electron chi connectivity index (χ3n) is 7.47. The van der Waals surface area contributed by atoms with E-state index in [4.69, 9.17) is 29.2 Å². The average Bonchev–Trinajstić information content (AvgIpc) is 3.26. The molecule has 2 aliphatic carbocycles. The quantitative estimate of drug-likeness (QED) is 0.570. The molecule has 0 aromatic carbocycles. The van der Waals surface area contributed by atoms with Crippen LogP contribution >= 0.6 is 0 Å². The highest BCUT2D eigenvalue weighted by molar-refractivity contribution is 5.92. The molecule has 3 aliphatic rings. The third kappa shape index (κ3) is 5.50. The van der Waals surface area contributed by atoms with Crippen LogP contribution in [0.5, 0.6) is 0 Å². The van der Waals surface area contributed by atoms with Gasteiger partial charge in [-0.1, -0.05) is 6.42 Å². The van der Waals surface area contributed by atoms with Crippen molar-refractivity contribution in [1.29, 1.82) is 0 Å². The zero-order valence-electron chi connectivity index (χ0n) is 19.7. The maximum absolute atomic E-state index is 13.0. The van der Waals surface area contributed by atoms with Crippen molar-refractivity contribution in [2.45, 2.75) is 88.2 Å². The molecule has 1 heterocycles. The Balaban J connectivity index is 1.81. The van der Waals surface area contributed by atoms with E-state index in [1.165, 1.54) is 0 Å². The lowest BCUT2D eigenvalue weighted by atomic mass is 9.75. The van der Waals surface area contributed by atoms with Crippen LogP contribution in [0.2, 0.25) is 0 Å². The zero-order chi connectivity index (χ0) is 23.3. The number of hydrazone groups is 1. The molecular weight excluding hydrogens is 416 g/mol. The van der Waals surface area contributed by atoms with Crippen molar-refractivity contribution in [3.8, 4) is 0 Å². The van der Waals surface area contributed by atoms with Gasteiger partial charge in [-0.05, 0) is 32.1 Å². The van der Waals surface area contributed by atoms with Crippen molar-refractivity contribution in [2.24, 2.45) is 16.9 Å². The first-order chi connectivity index (χ1) is 15.4. The molecule has 3 rings (SSSR count). The van der Waals surface area contributed by atoms with E-state index in [-0.39, 0.29) is 61.0 Å². The molecule has 0 spiro atoms. The van der Waals surface area contributed by atoms with Crippen LogP contribution in [-0.4, -0.2) is 86.6 Å². The number of ether oxygens (including phenoxy) is 4. The smallest absolute Gasteiger partial charge is 0.303 e. The van der Waals surface area contributed by atoms with Crippen molar-refractivity contribution in [2.75, 3.05) is 28.4 Å². The number of rotatable bonds is 9. The van der Waals surface area contributed by atoms with Crippen LogP contribution in [0.15, 0.2) is 5.10 Å². The van der Waals surface area contributed by atoms with E-state index in [9.17, 15) is 9.59 Å². The Morgan fingerprint density at radius 3 is 2.28 bits per heavy atom. The summed E-state index contributed by atoms with van der Waals surface area (Å²) in [5.41, 5.74) is 1.00. The van der Waals surface area contributed by atoms with Gasteiger partial charge >= 0.3 is 5.97 Å². The summed E-state index contributed by atoms with van der Waals surface area (Å²) in [4.78, 5) is 24.1. The van der Waals surface area contributed by atoms with Gasteiger partial charge in [0.1, 0.15) is 0 Å². The molecule has 7 unspecified atom stereocenters. The topological polar surface area (TPSA) is 107 Å². The number of hydrogen-bond acceptors (Lipinski definition) is 7. The highest BCUT2D eigenvalue weighted by Gasteiger charge is 2.46. The maximum Gasteiger partial charge on any atom is 0.303 e. The van der Waals surface area contributed by atoms with Gasteiger partial charge in [-0.25, -0.2) is 5.01 Å². The number of hydrogen-bond donors (Lipinski definition) is 1. The summed E-state index contributed by atoms with van der Waals surface area (Å²) in [6, 6.07) is -0.143. The van der Waals surface area contributed by atoms with Crippen molar-refractivity contribution in [3.05, 3.63) is 0 Å². The molecule has 32 heavy (non-hydrogen) atoms. The number of carbonyl (C=O) groups excluding carboxylic acids is 1. The number of carbonyl (C=O) groups is 2. The molecule has 9 heteroatoms. The molecule has 2 fully saturated rings. The van der Waals surface area contributed by atoms with Gasteiger partial charge in [0.15, 0.2) is 0 Å². The van der Waals surface area contributed by atoms with E-state index in [0.29, 0.717) is 6.42 Å². The molecule has 1 N–H and O–H groups in total. The summed E-state index contributed by atoms with van der Waals surface area (Å²) in [5.74, 6) is -0.919. The van der Waals surface area contributed by atoms with Crippen LogP contribution in [0.3, 0.4) is 0 Å². The third-order valence-corrected chi connectivity index (χ3v) is 7.47. The lowest BCUT2D eigenvalue weighted by Crippen LogP contribution is -2.50. The normalized spacial score (nSPS) is 35.6. The summed E-state index contributed by atoms with van der Waals surface area (Å²) < 4.78 is 22.8. The fraction of sp³-hybridized carbons (Fsp3) is 0.870. The molecule has 182 valence electrons. The van der Waals surface area contributed by atoms with E-state index in [2.05, 4.69) is 0 Å². The van der Waals surface area contributed by atoms with E-state index in [0.717, 1.165) is 44.2 Å². The Labute approximate surface area is 190 Å². The van der Waals surface area contributed by atoms with Gasteiger partial charge in [0, 0.05) is 58.8 Å². The second kappa shape index (κ2) is 11.5. The van der Waals surface area contributed by atoms with Crippen LogP contribution in [0.4, 0.5) is 0 Å². The largest absolute Gasteiger partial charge is 0.481 e. The molecule has 0 bridgehead atoms. The Morgan fingerprint density at radius 1 is 0.938 bits per heavy atom. The molecular formula is C23H38N2O7. The van der Waals surface area contributed by atoms with E-state index in [1.807, 2.05) is 0 Å². The molecule has 0 saturated heterocycles. The lowest BCUT2D eigenvalue weighted by Gasteiger charge is -2.41. The molecule has 1 aliphatic heterocycles. The highest BCUT2D eigenvalue weighted by atomic mass is 16.5. The Morgan fingerprint density at radius 2 is 1.66 bits per heavy atom. The summed E-state index contributed by atoms with van der Waals surface area (Å²) in [7, 11) is 6.81. The first kappa shape index (κ1) is 25.1. The number of nitrogens with zero attached hydrogens (tertiary/aromatic N) is 2. The molecule has 9 nitrogen and oxygen atoms in total. The summed E-state index contributed by atoms with van der Waals surface area (Å²) in [6.45, 7) is 0. The van der Waals surface area contributed by atoms with Crippen LogP contribution in [-0.2, 0) is 28.5 Å². The predicted molar refractivity (Wildman–Crippen MR) is 117 cm³/mol. The SMILES string of the molecule is COC1CCC(C2=NN(C(=O)CCC(=O)O)C(C3CCCC(OC)C3OC)C2)CC1OC. The van der Waals surface area contributed by atoms with E-state index in [1.54, 1.807) is 33.4 Å². The van der Waals surface area contributed by atoms with Crippen molar-refractivity contribution in [1.82, 2.24) is 5.01 Å². The lowest BCUT2D eigenvalue weighted by molar-refractivity contribution is -0.144. The van der Waals surface area contributed by atoms with Crippen LogP contribution in [0.25, 0.3) is 0 Å². The van der Waals surface area contributed by atoms with Gasteiger partial charge in [-0.15, -0.1) is 0 Å². The number of amides is 1. The molecule has 0 aromatic rings.